The van der Waals surface area contributed by atoms with E-state index in [1.165, 1.54) is 13.2 Å². The second-order valence-electron chi connectivity index (χ2n) is 9.52. The number of hydrogen-bond donors (Lipinski definition) is 1. The molecule has 196 valence electrons. The molecule has 9 nitrogen and oxygen atoms in total. The van der Waals surface area contributed by atoms with E-state index in [2.05, 4.69) is 5.32 Å². The second-order valence-corrected chi connectivity index (χ2v) is 9.52. The van der Waals surface area contributed by atoms with Crippen molar-refractivity contribution in [3.05, 3.63) is 100 Å². The van der Waals surface area contributed by atoms with E-state index < -0.39 is 29.7 Å². The molecular formula is C30H25N3O6. The van der Waals surface area contributed by atoms with Crippen molar-refractivity contribution in [3.63, 3.8) is 0 Å². The first-order valence-corrected chi connectivity index (χ1v) is 12.3. The molecule has 0 aliphatic carbocycles. The fourth-order valence-corrected chi connectivity index (χ4v) is 4.63. The number of anilines is 1. The highest BCUT2D eigenvalue weighted by Gasteiger charge is 2.37. The Bertz CT molecular complexity index is 1540. The Morgan fingerprint density at radius 3 is 2.08 bits per heavy atom. The van der Waals surface area contributed by atoms with Crippen LogP contribution in [0, 0.1) is 0 Å². The molecule has 6 amide bonds. The Balaban J connectivity index is 1.46. The molecule has 0 unspecified atom stereocenters. The van der Waals surface area contributed by atoms with E-state index >= 15 is 0 Å². The molecule has 1 saturated heterocycles. The summed E-state index contributed by atoms with van der Waals surface area (Å²) in [5.41, 5.74) is 2.75. The molecule has 39 heavy (non-hydrogen) atoms. The molecule has 2 aliphatic heterocycles. The number of imide groups is 3. The van der Waals surface area contributed by atoms with Gasteiger partial charge in [0.2, 0.25) is 0 Å². The van der Waals surface area contributed by atoms with Crippen LogP contribution in [0.15, 0.2) is 72.3 Å². The Morgan fingerprint density at radius 1 is 0.846 bits per heavy atom. The molecule has 5 rings (SSSR count). The molecule has 0 atom stereocenters. The molecule has 3 aromatic carbocycles. The summed E-state index contributed by atoms with van der Waals surface area (Å²) < 4.78 is 5.44. The Hall–Kier alpha value is -5.05. The summed E-state index contributed by atoms with van der Waals surface area (Å²) in [5, 5.41) is 2.22. The van der Waals surface area contributed by atoms with Gasteiger partial charge in [-0.2, -0.15) is 0 Å². The SMILES string of the molecule is COc1ccc(/C=C2/C(=O)NC(=O)N(c3ccc(C(C)C)cc3)C2=O)cc1CN1C(=O)c2ccccc2C1=O. The van der Waals surface area contributed by atoms with E-state index in [1.807, 2.05) is 26.0 Å². The highest BCUT2D eigenvalue weighted by Crippen LogP contribution is 2.29. The third-order valence-electron chi connectivity index (χ3n) is 6.74. The highest BCUT2D eigenvalue weighted by atomic mass is 16.5. The van der Waals surface area contributed by atoms with Crippen molar-refractivity contribution >= 4 is 41.4 Å². The second kappa shape index (κ2) is 10.0. The van der Waals surface area contributed by atoms with Gasteiger partial charge in [-0.05, 0) is 59.5 Å². The van der Waals surface area contributed by atoms with E-state index in [-0.39, 0.29) is 18.0 Å². The molecular weight excluding hydrogens is 498 g/mol. The lowest BCUT2D eigenvalue weighted by atomic mass is 10.0. The van der Waals surface area contributed by atoms with Crippen LogP contribution in [0.1, 0.15) is 57.2 Å². The monoisotopic (exact) mass is 523 g/mol. The average Bonchev–Trinajstić information content (AvgIpc) is 3.16. The number of benzene rings is 3. The Labute approximate surface area is 224 Å². The van der Waals surface area contributed by atoms with Crippen LogP contribution < -0.4 is 15.0 Å². The van der Waals surface area contributed by atoms with Crippen molar-refractivity contribution in [2.24, 2.45) is 0 Å². The molecule has 1 N–H and O–H groups in total. The van der Waals surface area contributed by atoms with E-state index in [0.29, 0.717) is 33.7 Å². The minimum atomic E-state index is -0.833. The molecule has 0 aromatic heterocycles. The maximum absolute atomic E-state index is 13.3. The molecule has 2 aliphatic rings. The maximum atomic E-state index is 13.3. The lowest BCUT2D eigenvalue weighted by molar-refractivity contribution is -0.122. The van der Waals surface area contributed by atoms with Gasteiger partial charge in [0.15, 0.2) is 0 Å². The number of nitrogens with zero attached hydrogens (tertiary/aromatic N) is 2. The lowest BCUT2D eigenvalue weighted by Gasteiger charge is -2.26. The predicted molar refractivity (Wildman–Crippen MR) is 143 cm³/mol. The summed E-state index contributed by atoms with van der Waals surface area (Å²) in [7, 11) is 1.46. The van der Waals surface area contributed by atoms with Crippen LogP contribution in [0.2, 0.25) is 0 Å². The Morgan fingerprint density at radius 2 is 1.49 bits per heavy atom. The van der Waals surface area contributed by atoms with Gasteiger partial charge in [0.05, 0.1) is 30.5 Å². The number of hydrogen-bond acceptors (Lipinski definition) is 6. The van der Waals surface area contributed by atoms with Crippen LogP contribution in [-0.4, -0.2) is 41.7 Å². The number of urea groups is 1. The summed E-state index contributed by atoms with van der Waals surface area (Å²) in [6.07, 6.45) is 1.37. The minimum absolute atomic E-state index is 0.0700. The number of amides is 6. The lowest BCUT2D eigenvalue weighted by Crippen LogP contribution is -2.54. The van der Waals surface area contributed by atoms with Crippen molar-refractivity contribution < 1.29 is 28.7 Å². The van der Waals surface area contributed by atoms with Crippen LogP contribution in [0.4, 0.5) is 10.5 Å². The van der Waals surface area contributed by atoms with Crippen molar-refractivity contribution in [2.45, 2.75) is 26.3 Å². The zero-order valence-corrected chi connectivity index (χ0v) is 21.6. The number of methoxy groups -OCH3 is 1. The summed E-state index contributed by atoms with van der Waals surface area (Å²) in [6.45, 7) is 4.00. The summed E-state index contributed by atoms with van der Waals surface area (Å²) >= 11 is 0. The minimum Gasteiger partial charge on any atom is -0.496 e. The maximum Gasteiger partial charge on any atom is 0.335 e. The number of nitrogens with one attached hydrogen (secondary N) is 1. The van der Waals surface area contributed by atoms with Gasteiger partial charge in [0.25, 0.3) is 23.6 Å². The fourth-order valence-electron chi connectivity index (χ4n) is 4.63. The third-order valence-corrected chi connectivity index (χ3v) is 6.74. The van der Waals surface area contributed by atoms with Gasteiger partial charge in [-0.1, -0.05) is 44.2 Å². The highest BCUT2D eigenvalue weighted by molar-refractivity contribution is 6.39. The van der Waals surface area contributed by atoms with Crippen molar-refractivity contribution in [2.75, 3.05) is 12.0 Å². The fraction of sp³-hybridized carbons (Fsp3) is 0.167. The van der Waals surface area contributed by atoms with E-state index in [1.54, 1.807) is 54.6 Å². The van der Waals surface area contributed by atoms with Gasteiger partial charge in [-0.15, -0.1) is 0 Å². The average molecular weight is 524 g/mol. The Kier molecular flexibility index (Phi) is 6.57. The largest absolute Gasteiger partial charge is 0.496 e. The van der Waals surface area contributed by atoms with Gasteiger partial charge in [0, 0.05) is 5.56 Å². The molecule has 0 radical (unpaired) electrons. The van der Waals surface area contributed by atoms with Crippen molar-refractivity contribution in [1.29, 1.82) is 0 Å². The van der Waals surface area contributed by atoms with Gasteiger partial charge in [-0.3, -0.25) is 29.4 Å². The van der Waals surface area contributed by atoms with Gasteiger partial charge in [-0.25, -0.2) is 9.69 Å². The first kappa shape index (κ1) is 25.6. The smallest absolute Gasteiger partial charge is 0.335 e. The topological polar surface area (TPSA) is 113 Å². The standard InChI is InChI=1S/C30H25N3O6/c1-17(2)19-9-11-21(12-10-19)33-29(37)24(26(34)31-30(33)38)15-18-8-13-25(39-3)20(14-18)16-32-27(35)22-6-4-5-7-23(22)28(32)36/h4-15,17H,16H2,1-3H3,(H,31,34,38)/b24-15-. The van der Waals surface area contributed by atoms with Crippen LogP contribution in [0.25, 0.3) is 6.08 Å². The zero-order chi connectivity index (χ0) is 27.8. The third kappa shape index (κ3) is 4.59. The molecule has 0 saturated carbocycles. The molecule has 0 spiro atoms. The normalized spacial score (nSPS) is 16.3. The zero-order valence-electron chi connectivity index (χ0n) is 21.6. The number of carbonyl (C=O) groups excluding carboxylic acids is 5. The molecule has 3 aromatic rings. The van der Waals surface area contributed by atoms with Crippen molar-refractivity contribution in [3.8, 4) is 5.75 Å². The van der Waals surface area contributed by atoms with Gasteiger partial charge < -0.3 is 4.74 Å². The van der Waals surface area contributed by atoms with E-state index in [9.17, 15) is 24.0 Å². The molecule has 0 bridgehead atoms. The van der Waals surface area contributed by atoms with Crippen LogP contribution in [-0.2, 0) is 16.1 Å². The quantitative estimate of drug-likeness (QED) is 0.293. The number of barbiturate groups is 1. The van der Waals surface area contributed by atoms with E-state index in [4.69, 9.17) is 4.74 Å². The summed E-state index contributed by atoms with van der Waals surface area (Å²) in [5.74, 6) is -1.72. The molecule has 9 heteroatoms. The first-order chi connectivity index (χ1) is 18.7. The predicted octanol–water partition coefficient (Wildman–Crippen LogP) is 4.28. The number of ether oxygens (including phenoxy) is 1. The first-order valence-electron chi connectivity index (χ1n) is 12.3. The van der Waals surface area contributed by atoms with Crippen molar-refractivity contribution in [1.82, 2.24) is 10.2 Å². The summed E-state index contributed by atoms with van der Waals surface area (Å²) in [4.78, 5) is 66.4. The van der Waals surface area contributed by atoms with E-state index in [0.717, 1.165) is 15.4 Å². The summed E-state index contributed by atoms with van der Waals surface area (Å²) in [6, 6.07) is 17.6. The number of rotatable bonds is 6. The van der Waals surface area contributed by atoms with Crippen LogP contribution >= 0.6 is 0 Å². The molecule has 2 heterocycles. The van der Waals surface area contributed by atoms with Crippen LogP contribution in [0.5, 0.6) is 5.75 Å². The number of fused-ring (bicyclic) bond motifs is 1. The van der Waals surface area contributed by atoms with Gasteiger partial charge in [0.1, 0.15) is 11.3 Å². The molecule has 1 fully saturated rings. The number of carbonyl (C=O) groups is 5. The van der Waals surface area contributed by atoms with Gasteiger partial charge >= 0.3 is 6.03 Å². The van der Waals surface area contributed by atoms with Crippen LogP contribution in [0.3, 0.4) is 0 Å².